The van der Waals surface area contributed by atoms with Crippen LogP contribution in [0.3, 0.4) is 0 Å². The molecule has 0 aliphatic heterocycles. The van der Waals surface area contributed by atoms with Crippen molar-refractivity contribution in [2.75, 3.05) is 12.3 Å². The molecule has 3 N–H and O–H groups in total. The zero-order valence-corrected chi connectivity index (χ0v) is 10.6. The van der Waals surface area contributed by atoms with Gasteiger partial charge in [-0.1, -0.05) is 0 Å². The first-order valence-corrected chi connectivity index (χ1v) is 6.44. The minimum Gasteiger partial charge on any atom is -0.397 e. The van der Waals surface area contributed by atoms with Gasteiger partial charge in [-0.3, -0.25) is 4.98 Å². The molecule has 5 heteroatoms. The van der Waals surface area contributed by atoms with E-state index >= 15 is 0 Å². The van der Waals surface area contributed by atoms with Crippen LogP contribution in [0.15, 0.2) is 23.7 Å². The Morgan fingerprint density at radius 2 is 2.29 bits per heavy atom. The van der Waals surface area contributed by atoms with Crippen LogP contribution in [0.25, 0.3) is 0 Å². The maximum atomic E-state index is 5.57. The fraction of sp³-hybridized carbons (Fsp3) is 0.333. The monoisotopic (exact) mass is 248 g/mol. The van der Waals surface area contributed by atoms with Crippen molar-refractivity contribution < 1.29 is 0 Å². The van der Waals surface area contributed by atoms with E-state index in [0.29, 0.717) is 5.69 Å². The summed E-state index contributed by atoms with van der Waals surface area (Å²) in [4.78, 5) is 8.64. The van der Waals surface area contributed by atoms with Gasteiger partial charge >= 0.3 is 0 Å². The number of aryl methyl sites for hydroxylation is 1. The van der Waals surface area contributed by atoms with Crippen molar-refractivity contribution in [2.45, 2.75) is 19.9 Å². The van der Waals surface area contributed by atoms with Crippen LogP contribution in [-0.2, 0) is 13.0 Å². The summed E-state index contributed by atoms with van der Waals surface area (Å²) in [6.07, 6.45) is 2.60. The van der Waals surface area contributed by atoms with E-state index in [4.69, 9.17) is 5.73 Å². The summed E-state index contributed by atoms with van der Waals surface area (Å²) in [6, 6.07) is 3.84. The summed E-state index contributed by atoms with van der Waals surface area (Å²) in [5, 5.41) is 6.55. The molecule has 0 aliphatic rings. The third-order valence-electron chi connectivity index (χ3n) is 2.35. The van der Waals surface area contributed by atoms with Gasteiger partial charge in [0.25, 0.3) is 0 Å². The molecule has 0 atom stereocenters. The van der Waals surface area contributed by atoms with Gasteiger partial charge in [0.1, 0.15) is 5.01 Å². The zero-order valence-electron chi connectivity index (χ0n) is 9.81. The van der Waals surface area contributed by atoms with Crippen LogP contribution in [0.2, 0.25) is 0 Å². The van der Waals surface area contributed by atoms with Crippen LogP contribution < -0.4 is 11.1 Å². The Balaban J connectivity index is 1.71. The highest BCUT2D eigenvalue weighted by Crippen LogP contribution is 2.07. The van der Waals surface area contributed by atoms with Crippen LogP contribution >= 0.6 is 11.3 Å². The molecule has 0 aliphatic carbocycles. The lowest BCUT2D eigenvalue weighted by molar-refractivity contribution is 0.676. The molecule has 0 spiro atoms. The minimum absolute atomic E-state index is 0.708. The third kappa shape index (κ3) is 3.80. The maximum Gasteiger partial charge on any atom is 0.107 e. The Kier molecular flexibility index (Phi) is 4.06. The van der Waals surface area contributed by atoms with Crippen molar-refractivity contribution in [3.05, 3.63) is 40.1 Å². The fourth-order valence-corrected chi connectivity index (χ4v) is 2.22. The molecule has 2 aromatic heterocycles. The van der Waals surface area contributed by atoms with Crippen molar-refractivity contribution in [1.29, 1.82) is 0 Å². The van der Waals surface area contributed by atoms with E-state index in [0.717, 1.165) is 35.9 Å². The first-order valence-electron chi connectivity index (χ1n) is 5.56. The van der Waals surface area contributed by atoms with Gasteiger partial charge in [0.15, 0.2) is 0 Å². The van der Waals surface area contributed by atoms with E-state index in [2.05, 4.69) is 20.7 Å². The van der Waals surface area contributed by atoms with Gasteiger partial charge in [0, 0.05) is 36.3 Å². The van der Waals surface area contributed by atoms with Gasteiger partial charge < -0.3 is 11.1 Å². The second-order valence-corrected chi connectivity index (χ2v) is 4.83. The van der Waals surface area contributed by atoms with Crippen LogP contribution in [0.4, 0.5) is 5.69 Å². The molecule has 0 fully saturated rings. The average Bonchev–Trinajstić information content (AvgIpc) is 2.73. The normalized spacial score (nSPS) is 10.6. The molecule has 0 aromatic carbocycles. The first-order chi connectivity index (χ1) is 8.24. The van der Waals surface area contributed by atoms with Gasteiger partial charge in [0.05, 0.1) is 11.9 Å². The summed E-state index contributed by atoms with van der Waals surface area (Å²) in [5.41, 5.74) is 8.43. The largest absolute Gasteiger partial charge is 0.397 e. The van der Waals surface area contributed by atoms with E-state index in [-0.39, 0.29) is 0 Å². The Morgan fingerprint density at radius 3 is 2.94 bits per heavy atom. The molecule has 2 heterocycles. The number of rotatable bonds is 5. The van der Waals surface area contributed by atoms with E-state index in [1.807, 2.05) is 19.1 Å². The Hall–Kier alpha value is -1.46. The van der Waals surface area contributed by atoms with Crippen LogP contribution in [-0.4, -0.2) is 16.5 Å². The highest BCUT2D eigenvalue weighted by Gasteiger charge is 1.98. The SMILES string of the molecule is Cc1csc(CNCCc2ccc(N)cn2)n1. The number of nitrogens with two attached hydrogens (primary N) is 1. The topological polar surface area (TPSA) is 63.8 Å². The molecule has 0 unspecified atom stereocenters. The molecule has 0 amide bonds. The molecule has 0 saturated heterocycles. The predicted molar refractivity (Wildman–Crippen MR) is 70.9 cm³/mol. The molecular formula is C12H16N4S. The molecule has 0 saturated carbocycles. The molecule has 0 radical (unpaired) electrons. The second kappa shape index (κ2) is 5.75. The lowest BCUT2D eigenvalue weighted by atomic mass is 10.2. The lowest BCUT2D eigenvalue weighted by Crippen LogP contribution is -2.17. The average molecular weight is 248 g/mol. The first kappa shape index (κ1) is 12.0. The molecule has 4 nitrogen and oxygen atoms in total. The van der Waals surface area contributed by atoms with E-state index in [9.17, 15) is 0 Å². The van der Waals surface area contributed by atoms with Gasteiger partial charge in [-0.15, -0.1) is 11.3 Å². The molecule has 17 heavy (non-hydrogen) atoms. The number of hydrogen-bond donors (Lipinski definition) is 2. The molecular weight excluding hydrogens is 232 g/mol. The van der Waals surface area contributed by atoms with Crippen molar-refractivity contribution in [3.8, 4) is 0 Å². The second-order valence-electron chi connectivity index (χ2n) is 3.89. The molecule has 2 rings (SSSR count). The van der Waals surface area contributed by atoms with Crippen molar-refractivity contribution in [2.24, 2.45) is 0 Å². The number of aromatic nitrogens is 2. The van der Waals surface area contributed by atoms with Gasteiger partial charge in [-0.05, 0) is 19.1 Å². The molecule has 2 aromatic rings. The third-order valence-corrected chi connectivity index (χ3v) is 3.31. The van der Waals surface area contributed by atoms with Crippen molar-refractivity contribution in [1.82, 2.24) is 15.3 Å². The molecule has 90 valence electrons. The number of nitrogens with zero attached hydrogens (tertiary/aromatic N) is 2. The fourth-order valence-electron chi connectivity index (χ4n) is 1.48. The summed E-state index contributed by atoms with van der Waals surface area (Å²) < 4.78 is 0. The van der Waals surface area contributed by atoms with Gasteiger partial charge in [0.2, 0.25) is 0 Å². The number of nitrogen functional groups attached to an aromatic ring is 1. The summed E-state index contributed by atoms with van der Waals surface area (Å²) >= 11 is 1.69. The Bertz CT molecular complexity index is 464. The molecule has 0 bridgehead atoms. The van der Waals surface area contributed by atoms with Crippen molar-refractivity contribution >= 4 is 17.0 Å². The predicted octanol–water partition coefficient (Wildman–Crippen LogP) is 1.76. The Labute approximate surface area is 105 Å². The number of pyridine rings is 1. The van der Waals surface area contributed by atoms with E-state index in [1.54, 1.807) is 17.5 Å². The van der Waals surface area contributed by atoms with Crippen LogP contribution in [0, 0.1) is 6.92 Å². The summed E-state index contributed by atoms with van der Waals surface area (Å²) in [6.45, 7) is 3.74. The number of nitrogens with one attached hydrogen (secondary N) is 1. The highest BCUT2D eigenvalue weighted by molar-refractivity contribution is 7.09. The number of hydrogen-bond acceptors (Lipinski definition) is 5. The van der Waals surface area contributed by atoms with Gasteiger partial charge in [-0.2, -0.15) is 0 Å². The maximum absolute atomic E-state index is 5.57. The Morgan fingerprint density at radius 1 is 1.41 bits per heavy atom. The number of anilines is 1. The van der Waals surface area contributed by atoms with Gasteiger partial charge in [-0.25, -0.2) is 4.98 Å². The zero-order chi connectivity index (χ0) is 12.1. The van der Waals surface area contributed by atoms with E-state index < -0.39 is 0 Å². The quantitative estimate of drug-likeness (QED) is 0.791. The van der Waals surface area contributed by atoms with Crippen LogP contribution in [0.5, 0.6) is 0 Å². The lowest BCUT2D eigenvalue weighted by Gasteiger charge is -2.02. The standard InChI is InChI=1S/C12H16N4S/c1-9-8-17-12(16-9)7-14-5-4-11-3-2-10(13)6-15-11/h2-3,6,8,14H,4-5,7,13H2,1H3. The number of thiazole rings is 1. The van der Waals surface area contributed by atoms with Crippen molar-refractivity contribution in [3.63, 3.8) is 0 Å². The van der Waals surface area contributed by atoms with E-state index in [1.165, 1.54) is 0 Å². The smallest absolute Gasteiger partial charge is 0.107 e. The van der Waals surface area contributed by atoms with Crippen LogP contribution in [0.1, 0.15) is 16.4 Å². The summed E-state index contributed by atoms with van der Waals surface area (Å²) in [5.74, 6) is 0. The summed E-state index contributed by atoms with van der Waals surface area (Å²) in [7, 11) is 0. The minimum atomic E-state index is 0.708. The highest BCUT2D eigenvalue weighted by atomic mass is 32.1.